The predicted octanol–water partition coefficient (Wildman–Crippen LogP) is 0.782. The second kappa shape index (κ2) is 7.04. The van der Waals surface area contributed by atoms with Crippen molar-refractivity contribution in [3.05, 3.63) is 29.8 Å². The van der Waals surface area contributed by atoms with Gasteiger partial charge in [0.05, 0.1) is 0 Å². The average molecular weight is 295 g/mol. The number of benzene rings is 1. The van der Waals surface area contributed by atoms with Crippen molar-refractivity contribution in [3.63, 3.8) is 0 Å². The van der Waals surface area contributed by atoms with Crippen LogP contribution in [0.1, 0.15) is 12.0 Å². The lowest BCUT2D eigenvalue weighted by atomic mass is 10.2. The number of nitrogens with one attached hydrogen (secondary N) is 1. The Morgan fingerprint density at radius 3 is 2.85 bits per heavy atom. The fourth-order valence-corrected chi connectivity index (χ4v) is 3.00. The number of carbonyl (C=O) groups excluding carboxylic acids is 1. The SMILES string of the molecule is N/C(=N/O)c1ccc(OCC(=O)NC2CCSC2)cc1. The first kappa shape index (κ1) is 14.5. The number of rotatable bonds is 5. The maximum absolute atomic E-state index is 11.7. The molecule has 1 saturated heterocycles. The lowest BCUT2D eigenvalue weighted by molar-refractivity contribution is -0.123. The molecule has 1 aliphatic rings. The molecular formula is C13H17N3O3S. The van der Waals surface area contributed by atoms with Gasteiger partial charge in [0, 0.05) is 17.4 Å². The Bertz CT molecular complexity index is 484. The van der Waals surface area contributed by atoms with E-state index in [1.165, 1.54) is 0 Å². The van der Waals surface area contributed by atoms with Crippen LogP contribution in [0.25, 0.3) is 0 Å². The maximum Gasteiger partial charge on any atom is 0.258 e. The third-order valence-corrected chi connectivity index (χ3v) is 4.08. The largest absolute Gasteiger partial charge is 0.484 e. The van der Waals surface area contributed by atoms with Crippen molar-refractivity contribution in [2.75, 3.05) is 18.1 Å². The highest BCUT2D eigenvalue weighted by molar-refractivity contribution is 7.99. The van der Waals surface area contributed by atoms with Gasteiger partial charge in [-0.3, -0.25) is 4.79 Å². The van der Waals surface area contributed by atoms with E-state index in [-0.39, 0.29) is 24.4 Å². The molecule has 0 bridgehead atoms. The van der Waals surface area contributed by atoms with Crippen LogP contribution in [-0.2, 0) is 4.79 Å². The summed E-state index contributed by atoms with van der Waals surface area (Å²) in [4.78, 5) is 11.7. The first-order valence-corrected chi connectivity index (χ1v) is 7.42. The highest BCUT2D eigenvalue weighted by atomic mass is 32.2. The van der Waals surface area contributed by atoms with E-state index < -0.39 is 0 Å². The minimum Gasteiger partial charge on any atom is -0.484 e. The van der Waals surface area contributed by atoms with Gasteiger partial charge in [-0.2, -0.15) is 11.8 Å². The summed E-state index contributed by atoms with van der Waals surface area (Å²) in [7, 11) is 0. The Hall–Kier alpha value is -1.89. The Morgan fingerprint density at radius 1 is 1.50 bits per heavy atom. The van der Waals surface area contributed by atoms with E-state index in [0.29, 0.717) is 11.3 Å². The van der Waals surface area contributed by atoms with Gasteiger partial charge in [-0.1, -0.05) is 5.16 Å². The van der Waals surface area contributed by atoms with Gasteiger partial charge in [-0.25, -0.2) is 0 Å². The van der Waals surface area contributed by atoms with E-state index in [9.17, 15) is 4.79 Å². The topological polar surface area (TPSA) is 96.9 Å². The van der Waals surface area contributed by atoms with Gasteiger partial charge in [0.1, 0.15) is 5.75 Å². The summed E-state index contributed by atoms with van der Waals surface area (Å²) in [5.74, 6) is 2.56. The van der Waals surface area contributed by atoms with Crippen LogP contribution in [0.2, 0.25) is 0 Å². The third kappa shape index (κ3) is 4.06. The lowest BCUT2D eigenvalue weighted by Crippen LogP contribution is -2.37. The van der Waals surface area contributed by atoms with Crippen molar-refractivity contribution < 1.29 is 14.7 Å². The first-order chi connectivity index (χ1) is 9.69. The standard InChI is InChI=1S/C13H17N3O3S/c14-13(16-18)9-1-3-11(4-2-9)19-7-12(17)15-10-5-6-20-8-10/h1-4,10,18H,5-8H2,(H2,14,16)(H,15,17). The molecule has 0 spiro atoms. The quantitative estimate of drug-likeness (QED) is 0.323. The average Bonchev–Trinajstić information content (AvgIpc) is 2.97. The van der Waals surface area contributed by atoms with Gasteiger partial charge in [0.15, 0.2) is 12.4 Å². The van der Waals surface area contributed by atoms with Crippen LogP contribution < -0.4 is 15.8 Å². The molecule has 20 heavy (non-hydrogen) atoms. The highest BCUT2D eigenvalue weighted by Crippen LogP contribution is 2.17. The molecule has 2 rings (SSSR count). The Kier molecular flexibility index (Phi) is 5.11. The fourth-order valence-electron chi connectivity index (χ4n) is 1.85. The zero-order valence-corrected chi connectivity index (χ0v) is 11.7. The normalized spacial score (nSPS) is 18.8. The molecule has 1 aromatic rings. The lowest BCUT2D eigenvalue weighted by Gasteiger charge is -2.12. The molecule has 1 fully saturated rings. The van der Waals surface area contributed by atoms with E-state index in [2.05, 4.69) is 10.5 Å². The minimum atomic E-state index is -0.113. The molecule has 1 amide bonds. The molecule has 1 atom stereocenters. The van der Waals surface area contributed by atoms with Crippen LogP contribution in [0.3, 0.4) is 0 Å². The highest BCUT2D eigenvalue weighted by Gasteiger charge is 2.17. The zero-order valence-electron chi connectivity index (χ0n) is 10.9. The molecule has 0 radical (unpaired) electrons. The summed E-state index contributed by atoms with van der Waals surface area (Å²) in [5.41, 5.74) is 6.04. The summed E-state index contributed by atoms with van der Waals surface area (Å²) in [6.45, 7) is -0.00984. The summed E-state index contributed by atoms with van der Waals surface area (Å²) >= 11 is 1.85. The molecule has 108 valence electrons. The van der Waals surface area contributed by atoms with Gasteiger partial charge in [-0.05, 0) is 36.4 Å². The van der Waals surface area contributed by atoms with Crippen molar-refractivity contribution in [2.24, 2.45) is 10.9 Å². The third-order valence-electron chi connectivity index (χ3n) is 2.92. The predicted molar refractivity (Wildman–Crippen MR) is 78.3 cm³/mol. The number of ether oxygens (including phenoxy) is 1. The van der Waals surface area contributed by atoms with E-state index in [1.54, 1.807) is 24.3 Å². The van der Waals surface area contributed by atoms with Crippen molar-refractivity contribution in [2.45, 2.75) is 12.5 Å². The molecule has 4 N–H and O–H groups in total. The first-order valence-electron chi connectivity index (χ1n) is 6.27. The van der Waals surface area contributed by atoms with E-state index in [1.807, 2.05) is 11.8 Å². The number of hydrogen-bond acceptors (Lipinski definition) is 5. The van der Waals surface area contributed by atoms with Crippen LogP contribution >= 0.6 is 11.8 Å². The van der Waals surface area contributed by atoms with Crippen LogP contribution in [0.5, 0.6) is 5.75 Å². The molecule has 0 aromatic heterocycles. The van der Waals surface area contributed by atoms with Crippen molar-refractivity contribution in [3.8, 4) is 5.75 Å². The van der Waals surface area contributed by atoms with E-state index in [0.717, 1.165) is 17.9 Å². The number of nitrogens with two attached hydrogens (primary N) is 1. The number of amidine groups is 1. The summed E-state index contributed by atoms with van der Waals surface area (Å²) in [6, 6.07) is 6.93. The second-order valence-electron chi connectivity index (χ2n) is 4.43. The Morgan fingerprint density at radius 2 is 2.25 bits per heavy atom. The van der Waals surface area contributed by atoms with Gasteiger partial charge in [0.25, 0.3) is 5.91 Å². The maximum atomic E-state index is 11.7. The minimum absolute atomic E-state index is 0.00984. The van der Waals surface area contributed by atoms with Crippen LogP contribution in [0, 0.1) is 0 Å². The zero-order chi connectivity index (χ0) is 14.4. The van der Waals surface area contributed by atoms with Gasteiger partial charge < -0.3 is 21.0 Å². The smallest absolute Gasteiger partial charge is 0.258 e. The number of thioether (sulfide) groups is 1. The number of amides is 1. The number of oxime groups is 1. The van der Waals surface area contributed by atoms with Crippen molar-refractivity contribution in [1.82, 2.24) is 5.32 Å². The monoisotopic (exact) mass is 295 g/mol. The fraction of sp³-hybridized carbons (Fsp3) is 0.385. The number of hydrogen-bond donors (Lipinski definition) is 3. The molecule has 6 nitrogen and oxygen atoms in total. The Balaban J connectivity index is 1.79. The summed E-state index contributed by atoms with van der Waals surface area (Å²) in [5, 5.41) is 14.4. The number of carbonyl (C=O) groups is 1. The van der Waals surface area contributed by atoms with Crippen molar-refractivity contribution >= 4 is 23.5 Å². The van der Waals surface area contributed by atoms with Crippen molar-refractivity contribution in [1.29, 1.82) is 0 Å². The molecule has 1 aliphatic heterocycles. The van der Waals surface area contributed by atoms with E-state index >= 15 is 0 Å². The van der Waals surface area contributed by atoms with Gasteiger partial charge >= 0.3 is 0 Å². The van der Waals surface area contributed by atoms with Crippen LogP contribution in [-0.4, -0.2) is 41.1 Å². The Labute approximate surface area is 121 Å². The second-order valence-corrected chi connectivity index (χ2v) is 5.58. The molecular weight excluding hydrogens is 278 g/mol. The van der Waals surface area contributed by atoms with Crippen LogP contribution in [0.4, 0.5) is 0 Å². The van der Waals surface area contributed by atoms with Crippen LogP contribution in [0.15, 0.2) is 29.4 Å². The molecule has 1 heterocycles. The van der Waals surface area contributed by atoms with E-state index in [4.69, 9.17) is 15.7 Å². The summed E-state index contributed by atoms with van der Waals surface area (Å²) < 4.78 is 5.38. The molecule has 0 aliphatic carbocycles. The summed E-state index contributed by atoms with van der Waals surface area (Å²) in [6.07, 6.45) is 1.02. The van der Waals surface area contributed by atoms with Gasteiger partial charge in [0.2, 0.25) is 0 Å². The molecule has 7 heteroatoms. The molecule has 1 aromatic carbocycles. The molecule has 1 unspecified atom stereocenters. The van der Waals surface area contributed by atoms with Gasteiger partial charge in [-0.15, -0.1) is 0 Å². The number of nitrogens with zero attached hydrogens (tertiary/aromatic N) is 1. The molecule has 0 saturated carbocycles.